The normalized spacial score (nSPS) is 14.5. The fourth-order valence-corrected chi connectivity index (χ4v) is 5.97. The summed E-state index contributed by atoms with van der Waals surface area (Å²) in [6.45, 7) is 2.56. The number of carbonyl (C=O) groups excluding carboxylic acids is 1. The number of hydrogen-bond donors (Lipinski definition) is 0. The largest absolute Gasteiger partial charge is 0.497 e. The van der Waals surface area contributed by atoms with Crippen LogP contribution in [0.25, 0.3) is 10.9 Å². The topological polar surface area (TPSA) is 82.8 Å². The number of thiophene rings is 1. The number of aromatic nitrogens is 2. The zero-order chi connectivity index (χ0) is 27.5. The first-order valence-corrected chi connectivity index (χ1v) is 13.8. The number of ketones is 1. The number of Topliss-reactive ketones (excluding diaryl/α,β-unsaturated/α-hetero) is 1. The molecule has 4 aromatic rings. The number of piperidine rings is 1. The summed E-state index contributed by atoms with van der Waals surface area (Å²) < 4.78 is 26.9. The second-order valence-corrected chi connectivity index (χ2v) is 10.4. The Morgan fingerprint density at radius 2 is 1.72 bits per heavy atom. The lowest BCUT2D eigenvalue weighted by molar-refractivity contribution is 0.0837. The van der Waals surface area contributed by atoms with Gasteiger partial charge in [0.15, 0.2) is 5.78 Å². The van der Waals surface area contributed by atoms with E-state index >= 15 is 0 Å². The molecule has 2 aromatic carbocycles. The SMILES string of the molecule is COc1ccc(Cn2c(=O)c3cscc3n(CCN3CCC(C(=O)c4ccc(F)cc4)CC3)c2=O)c(OC)c1. The molecule has 0 amide bonds. The molecule has 1 fully saturated rings. The number of halogens is 1. The highest BCUT2D eigenvalue weighted by Gasteiger charge is 2.26. The van der Waals surface area contributed by atoms with Gasteiger partial charge in [-0.05, 0) is 62.3 Å². The van der Waals surface area contributed by atoms with Crippen molar-refractivity contribution in [2.45, 2.75) is 25.9 Å². The Morgan fingerprint density at radius 3 is 2.41 bits per heavy atom. The summed E-state index contributed by atoms with van der Waals surface area (Å²) in [6, 6.07) is 11.0. The molecule has 0 saturated carbocycles. The van der Waals surface area contributed by atoms with E-state index in [1.54, 1.807) is 47.4 Å². The van der Waals surface area contributed by atoms with E-state index in [2.05, 4.69) is 4.90 Å². The van der Waals surface area contributed by atoms with E-state index in [0.29, 0.717) is 59.5 Å². The van der Waals surface area contributed by atoms with E-state index in [1.165, 1.54) is 35.1 Å². The Kier molecular flexibility index (Phi) is 7.94. The molecular formula is C29H30FN3O5S. The lowest BCUT2D eigenvalue weighted by atomic mass is 9.89. The summed E-state index contributed by atoms with van der Waals surface area (Å²) in [6.07, 6.45) is 1.41. The molecule has 5 rings (SSSR count). The number of hydrogen-bond acceptors (Lipinski definition) is 7. The number of likely N-dealkylation sites (tertiary alicyclic amines) is 1. The minimum absolute atomic E-state index is 0.0480. The molecule has 0 N–H and O–H groups in total. The van der Waals surface area contributed by atoms with Crippen LogP contribution in [0.1, 0.15) is 28.8 Å². The van der Waals surface area contributed by atoms with Crippen LogP contribution in [-0.4, -0.2) is 53.7 Å². The Labute approximate surface area is 228 Å². The molecule has 204 valence electrons. The first-order valence-electron chi connectivity index (χ1n) is 12.8. The lowest BCUT2D eigenvalue weighted by Crippen LogP contribution is -2.43. The van der Waals surface area contributed by atoms with Gasteiger partial charge in [0, 0.05) is 47.0 Å². The molecule has 0 atom stereocenters. The van der Waals surface area contributed by atoms with Gasteiger partial charge in [-0.3, -0.25) is 18.7 Å². The number of nitrogens with zero attached hydrogens (tertiary/aromatic N) is 3. The van der Waals surface area contributed by atoms with Gasteiger partial charge < -0.3 is 14.4 Å². The van der Waals surface area contributed by atoms with Crippen molar-refractivity contribution in [3.05, 3.63) is 91.0 Å². The van der Waals surface area contributed by atoms with Crippen LogP contribution in [0.2, 0.25) is 0 Å². The number of ether oxygens (including phenoxy) is 2. The summed E-state index contributed by atoms with van der Waals surface area (Å²) in [7, 11) is 3.10. The molecule has 2 aromatic heterocycles. The predicted molar refractivity (Wildman–Crippen MR) is 149 cm³/mol. The van der Waals surface area contributed by atoms with Gasteiger partial charge in [0.25, 0.3) is 5.56 Å². The Balaban J connectivity index is 1.32. The zero-order valence-electron chi connectivity index (χ0n) is 21.9. The second-order valence-electron chi connectivity index (χ2n) is 9.66. The van der Waals surface area contributed by atoms with Crippen LogP contribution in [-0.2, 0) is 13.1 Å². The second kappa shape index (κ2) is 11.5. The molecule has 0 aliphatic carbocycles. The monoisotopic (exact) mass is 551 g/mol. The highest BCUT2D eigenvalue weighted by molar-refractivity contribution is 7.09. The standard InChI is InChI=1S/C29H30FN3O5S/c1-37-23-8-5-21(26(15-23)38-2)16-33-28(35)24-17-39-18-25(24)32(29(33)36)14-13-31-11-9-20(10-12-31)27(34)19-3-6-22(30)7-4-19/h3-8,15,17-18,20H,9-14,16H2,1-2H3. The van der Waals surface area contributed by atoms with Gasteiger partial charge in [0.2, 0.25) is 0 Å². The first kappa shape index (κ1) is 26.8. The lowest BCUT2D eigenvalue weighted by Gasteiger charge is -2.31. The van der Waals surface area contributed by atoms with Gasteiger partial charge in [0.05, 0.1) is 31.7 Å². The number of benzene rings is 2. The molecule has 1 aliphatic heterocycles. The average Bonchev–Trinajstić information content (AvgIpc) is 3.45. The summed E-state index contributed by atoms with van der Waals surface area (Å²) in [4.78, 5) is 41.9. The van der Waals surface area contributed by atoms with E-state index in [9.17, 15) is 18.8 Å². The number of carbonyl (C=O) groups is 1. The summed E-state index contributed by atoms with van der Waals surface area (Å²) >= 11 is 1.39. The summed E-state index contributed by atoms with van der Waals surface area (Å²) in [5, 5.41) is 4.13. The fraction of sp³-hybridized carbons (Fsp3) is 0.345. The maximum Gasteiger partial charge on any atom is 0.331 e. The maximum absolute atomic E-state index is 13.6. The molecule has 10 heteroatoms. The molecule has 0 unspecified atom stereocenters. The first-order chi connectivity index (χ1) is 18.9. The van der Waals surface area contributed by atoms with Crippen molar-refractivity contribution in [2.75, 3.05) is 33.9 Å². The van der Waals surface area contributed by atoms with Crippen molar-refractivity contribution in [3.63, 3.8) is 0 Å². The Morgan fingerprint density at radius 1 is 0.974 bits per heavy atom. The fourth-order valence-electron chi connectivity index (χ4n) is 5.16. The van der Waals surface area contributed by atoms with Crippen LogP contribution in [0.4, 0.5) is 4.39 Å². The predicted octanol–water partition coefficient (Wildman–Crippen LogP) is 4.02. The smallest absolute Gasteiger partial charge is 0.331 e. The van der Waals surface area contributed by atoms with Crippen LogP contribution in [0, 0.1) is 11.7 Å². The van der Waals surface area contributed by atoms with Crippen molar-refractivity contribution >= 4 is 28.0 Å². The van der Waals surface area contributed by atoms with Crippen LogP contribution < -0.4 is 20.7 Å². The quantitative estimate of drug-likeness (QED) is 0.292. The van der Waals surface area contributed by atoms with E-state index < -0.39 is 0 Å². The van der Waals surface area contributed by atoms with Crippen LogP contribution in [0.15, 0.2) is 62.8 Å². The van der Waals surface area contributed by atoms with E-state index in [1.807, 2.05) is 5.38 Å². The molecule has 39 heavy (non-hydrogen) atoms. The maximum atomic E-state index is 13.6. The van der Waals surface area contributed by atoms with Gasteiger partial charge in [-0.1, -0.05) is 0 Å². The highest BCUT2D eigenvalue weighted by atomic mass is 32.1. The zero-order valence-corrected chi connectivity index (χ0v) is 22.7. The Bertz CT molecular complexity index is 1600. The third-order valence-electron chi connectivity index (χ3n) is 7.42. The molecule has 0 radical (unpaired) electrons. The molecule has 0 bridgehead atoms. The van der Waals surface area contributed by atoms with Crippen LogP contribution in [0.3, 0.4) is 0 Å². The van der Waals surface area contributed by atoms with Gasteiger partial charge in [-0.25, -0.2) is 9.18 Å². The molecular weight excluding hydrogens is 521 g/mol. The van der Waals surface area contributed by atoms with E-state index in [4.69, 9.17) is 9.47 Å². The van der Waals surface area contributed by atoms with Crippen molar-refractivity contribution in [1.82, 2.24) is 14.0 Å². The molecule has 0 spiro atoms. The minimum Gasteiger partial charge on any atom is -0.497 e. The van der Waals surface area contributed by atoms with Crippen molar-refractivity contribution in [3.8, 4) is 11.5 Å². The Hall–Kier alpha value is -3.76. The summed E-state index contributed by atoms with van der Waals surface area (Å²) in [5.74, 6) is 0.754. The van der Waals surface area contributed by atoms with Gasteiger partial charge >= 0.3 is 5.69 Å². The minimum atomic E-state index is -0.370. The van der Waals surface area contributed by atoms with Crippen molar-refractivity contribution < 1.29 is 18.7 Å². The highest BCUT2D eigenvalue weighted by Crippen LogP contribution is 2.25. The number of fused-ring (bicyclic) bond motifs is 1. The third-order valence-corrected chi connectivity index (χ3v) is 8.15. The van der Waals surface area contributed by atoms with E-state index in [-0.39, 0.29) is 35.3 Å². The van der Waals surface area contributed by atoms with Crippen LogP contribution in [0.5, 0.6) is 11.5 Å². The third kappa shape index (κ3) is 5.53. The van der Waals surface area contributed by atoms with Gasteiger partial charge in [-0.2, -0.15) is 0 Å². The molecule has 1 aliphatic rings. The van der Waals surface area contributed by atoms with Crippen molar-refractivity contribution in [2.24, 2.45) is 5.92 Å². The van der Waals surface area contributed by atoms with Crippen molar-refractivity contribution in [1.29, 1.82) is 0 Å². The molecule has 3 heterocycles. The van der Waals surface area contributed by atoms with Crippen LogP contribution >= 0.6 is 11.3 Å². The average molecular weight is 552 g/mol. The van der Waals surface area contributed by atoms with Gasteiger partial charge in [0.1, 0.15) is 17.3 Å². The van der Waals surface area contributed by atoms with Gasteiger partial charge in [-0.15, -0.1) is 11.3 Å². The summed E-state index contributed by atoms with van der Waals surface area (Å²) in [5.41, 5.74) is 1.17. The molecule has 1 saturated heterocycles. The molecule has 8 nitrogen and oxygen atoms in total. The number of rotatable bonds is 9. The number of methoxy groups -OCH3 is 2. The van der Waals surface area contributed by atoms with E-state index in [0.717, 1.165) is 13.1 Å².